The lowest BCUT2D eigenvalue weighted by molar-refractivity contribution is 0.0926. The molecule has 1 aromatic carbocycles. The number of carbonyl (C=O) groups excluding carboxylic acids is 1. The van der Waals surface area contributed by atoms with Crippen LogP contribution in [0.2, 0.25) is 0 Å². The Bertz CT molecular complexity index is 803. The summed E-state index contributed by atoms with van der Waals surface area (Å²) in [6, 6.07) is 11.6. The van der Waals surface area contributed by atoms with Gasteiger partial charge in [0.2, 0.25) is 0 Å². The van der Waals surface area contributed by atoms with E-state index < -0.39 is 0 Å². The first-order valence-electron chi connectivity index (χ1n) is 8.41. The molecule has 24 heavy (non-hydrogen) atoms. The Morgan fingerprint density at radius 1 is 1.25 bits per heavy atom. The molecule has 3 rings (SSSR count). The number of hydrogen-bond acceptors (Lipinski definition) is 3. The number of aromatic nitrogens is 2. The molecule has 0 radical (unpaired) electrons. The molecule has 0 bridgehead atoms. The average Bonchev–Trinajstić information content (AvgIpc) is 3.20. The highest BCUT2D eigenvalue weighted by Crippen LogP contribution is 2.18. The largest absolute Gasteiger partial charge is 0.459 e. The van der Waals surface area contributed by atoms with Crippen LogP contribution in [0, 0.1) is 5.92 Å². The van der Waals surface area contributed by atoms with Gasteiger partial charge in [-0.05, 0) is 36.6 Å². The van der Waals surface area contributed by atoms with E-state index in [2.05, 4.69) is 29.8 Å². The highest BCUT2D eigenvalue weighted by molar-refractivity contribution is 5.91. The van der Waals surface area contributed by atoms with Crippen molar-refractivity contribution in [3.8, 4) is 0 Å². The van der Waals surface area contributed by atoms with E-state index in [1.807, 2.05) is 18.2 Å². The lowest BCUT2D eigenvalue weighted by atomic mass is 10.1. The fourth-order valence-electron chi connectivity index (χ4n) is 2.74. The minimum atomic E-state index is -0.190. The summed E-state index contributed by atoms with van der Waals surface area (Å²) in [4.78, 5) is 16.7. The summed E-state index contributed by atoms with van der Waals surface area (Å²) in [6.45, 7) is 5.93. The summed E-state index contributed by atoms with van der Waals surface area (Å²) in [7, 11) is 0. The Kier molecular flexibility index (Phi) is 4.99. The molecular weight excluding hydrogens is 302 g/mol. The van der Waals surface area contributed by atoms with Crippen molar-refractivity contribution in [3.05, 3.63) is 54.2 Å². The van der Waals surface area contributed by atoms with Gasteiger partial charge in [-0.25, -0.2) is 4.98 Å². The third kappa shape index (κ3) is 3.67. The first-order valence-corrected chi connectivity index (χ1v) is 8.41. The molecule has 2 aromatic heterocycles. The number of furan rings is 1. The predicted molar refractivity (Wildman–Crippen MR) is 93.9 cm³/mol. The lowest BCUT2D eigenvalue weighted by Crippen LogP contribution is -2.26. The lowest BCUT2D eigenvalue weighted by Gasteiger charge is -2.11. The van der Waals surface area contributed by atoms with Crippen LogP contribution in [0.15, 0.2) is 47.1 Å². The summed E-state index contributed by atoms with van der Waals surface area (Å²) in [5.41, 5.74) is 2.17. The van der Waals surface area contributed by atoms with Crippen LogP contribution in [0.1, 0.15) is 36.6 Å². The number of fused-ring (bicyclic) bond motifs is 1. The highest BCUT2D eigenvalue weighted by atomic mass is 16.3. The van der Waals surface area contributed by atoms with Gasteiger partial charge in [0.05, 0.1) is 17.3 Å². The summed E-state index contributed by atoms with van der Waals surface area (Å²) in [5.74, 6) is 1.79. The number of nitrogens with zero attached hydrogens (tertiary/aromatic N) is 2. The molecule has 126 valence electrons. The van der Waals surface area contributed by atoms with Crippen molar-refractivity contribution < 1.29 is 9.21 Å². The van der Waals surface area contributed by atoms with Gasteiger partial charge in [-0.3, -0.25) is 4.79 Å². The Labute approximate surface area is 141 Å². The van der Waals surface area contributed by atoms with E-state index in [9.17, 15) is 4.79 Å². The van der Waals surface area contributed by atoms with E-state index in [0.29, 0.717) is 24.6 Å². The molecule has 0 atom stereocenters. The second-order valence-corrected chi connectivity index (χ2v) is 6.33. The van der Waals surface area contributed by atoms with Gasteiger partial charge in [0.25, 0.3) is 5.91 Å². The number of amides is 1. The number of imidazole rings is 1. The Balaban J connectivity index is 1.71. The minimum Gasteiger partial charge on any atom is -0.459 e. The maximum absolute atomic E-state index is 11.9. The summed E-state index contributed by atoms with van der Waals surface area (Å²) in [5, 5.41) is 2.88. The van der Waals surface area contributed by atoms with Crippen LogP contribution in [0.5, 0.6) is 0 Å². The van der Waals surface area contributed by atoms with Crippen LogP contribution in [0.25, 0.3) is 11.0 Å². The molecule has 0 saturated heterocycles. The molecule has 5 nitrogen and oxygen atoms in total. The molecule has 0 saturated carbocycles. The van der Waals surface area contributed by atoms with E-state index in [-0.39, 0.29) is 5.91 Å². The van der Waals surface area contributed by atoms with Gasteiger partial charge in [0, 0.05) is 19.5 Å². The smallest absolute Gasteiger partial charge is 0.286 e. The second-order valence-electron chi connectivity index (χ2n) is 6.33. The number of rotatable bonds is 7. The highest BCUT2D eigenvalue weighted by Gasteiger charge is 2.12. The molecule has 0 unspecified atom stereocenters. The summed E-state index contributed by atoms with van der Waals surface area (Å²) < 4.78 is 7.37. The SMILES string of the molecule is CC(C)CCn1c(CCNC(=O)c2ccco2)nc2ccccc21. The molecular formula is C19H23N3O2. The number of carbonyl (C=O) groups is 1. The molecule has 0 spiro atoms. The fourth-order valence-corrected chi connectivity index (χ4v) is 2.74. The molecule has 0 aliphatic carbocycles. The number of aryl methyl sites for hydroxylation is 1. The van der Waals surface area contributed by atoms with Gasteiger partial charge in [-0.1, -0.05) is 26.0 Å². The average molecular weight is 325 g/mol. The van der Waals surface area contributed by atoms with Crippen LogP contribution in [0.4, 0.5) is 0 Å². The van der Waals surface area contributed by atoms with Crippen molar-refractivity contribution in [1.29, 1.82) is 0 Å². The maximum atomic E-state index is 11.9. The molecule has 1 N–H and O–H groups in total. The maximum Gasteiger partial charge on any atom is 0.286 e. The van der Waals surface area contributed by atoms with E-state index in [0.717, 1.165) is 29.8 Å². The van der Waals surface area contributed by atoms with Crippen LogP contribution in [-0.2, 0) is 13.0 Å². The molecule has 0 fully saturated rings. The topological polar surface area (TPSA) is 60.1 Å². The zero-order valence-corrected chi connectivity index (χ0v) is 14.2. The Hall–Kier alpha value is -2.56. The first-order chi connectivity index (χ1) is 11.6. The van der Waals surface area contributed by atoms with E-state index in [4.69, 9.17) is 9.40 Å². The molecule has 3 aromatic rings. The first kappa shape index (κ1) is 16.3. The molecule has 0 aliphatic heterocycles. The van der Waals surface area contributed by atoms with Crippen molar-refractivity contribution in [2.45, 2.75) is 33.2 Å². The number of para-hydroxylation sites is 2. The van der Waals surface area contributed by atoms with Gasteiger partial charge in [0.15, 0.2) is 5.76 Å². The fraction of sp³-hybridized carbons (Fsp3) is 0.368. The Morgan fingerprint density at radius 2 is 2.08 bits per heavy atom. The van der Waals surface area contributed by atoms with Crippen LogP contribution in [0.3, 0.4) is 0 Å². The minimum absolute atomic E-state index is 0.190. The van der Waals surface area contributed by atoms with E-state index in [1.54, 1.807) is 12.1 Å². The summed E-state index contributed by atoms with van der Waals surface area (Å²) in [6.07, 6.45) is 3.30. The molecule has 5 heteroatoms. The van der Waals surface area contributed by atoms with Crippen molar-refractivity contribution in [2.24, 2.45) is 5.92 Å². The van der Waals surface area contributed by atoms with Crippen molar-refractivity contribution >= 4 is 16.9 Å². The van der Waals surface area contributed by atoms with Gasteiger partial charge >= 0.3 is 0 Å². The number of nitrogens with one attached hydrogen (secondary N) is 1. The molecule has 1 amide bonds. The number of hydrogen-bond donors (Lipinski definition) is 1. The summed E-state index contributed by atoms with van der Waals surface area (Å²) >= 11 is 0. The monoisotopic (exact) mass is 325 g/mol. The van der Waals surface area contributed by atoms with Crippen molar-refractivity contribution in [1.82, 2.24) is 14.9 Å². The molecule has 0 aliphatic rings. The van der Waals surface area contributed by atoms with E-state index >= 15 is 0 Å². The second kappa shape index (κ2) is 7.34. The Morgan fingerprint density at radius 3 is 2.83 bits per heavy atom. The standard InChI is InChI=1S/C19H23N3O2/c1-14(2)10-12-22-16-7-4-3-6-15(16)21-18(22)9-11-20-19(23)17-8-5-13-24-17/h3-8,13-14H,9-12H2,1-2H3,(H,20,23). The third-order valence-electron chi connectivity index (χ3n) is 4.04. The zero-order valence-electron chi connectivity index (χ0n) is 14.2. The van der Waals surface area contributed by atoms with Crippen LogP contribution in [-0.4, -0.2) is 22.0 Å². The van der Waals surface area contributed by atoms with Crippen molar-refractivity contribution in [3.63, 3.8) is 0 Å². The quantitative estimate of drug-likeness (QED) is 0.721. The third-order valence-corrected chi connectivity index (χ3v) is 4.04. The van der Waals surface area contributed by atoms with Crippen LogP contribution < -0.4 is 5.32 Å². The van der Waals surface area contributed by atoms with E-state index in [1.165, 1.54) is 6.26 Å². The van der Waals surface area contributed by atoms with Gasteiger partial charge in [-0.15, -0.1) is 0 Å². The zero-order chi connectivity index (χ0) is 16.9. The predicted octanol–water partition coefficient (Wildman–Crippen LogP) is 3.65. The normalized spacial score (nSPS) is 11.3. The van der Waals surface area contributed by atoms with Gasteiger partial charge < -0.3 is 14.3 Å². The van der Waals surface area contributed by atoms with Gasteiger partial charge in [-0.2, -0.15) is 0 Å². The van der Waals surface area contributed by atoms with Gasteiger partial charge in [0.1, 0.15) is 5.82 Å². The van der Waals surface area contributed by atoms with Crippen molar-refractivity contribution in [2.75, 3.05) is 6.54 Å². The number of benzene rings is 1. The molecule has 2 heterocycles. The van der Waals surface area contributed by atoms with Crippen LogP contribution >= 0.6 is 0 Å².